The summed E-state index contributed by atoms with van der Waals surface area (Å²) in [6, 6.07) is 3.72. The van der Waals surface area contributed by atoms with Gasteiger partial charge in [-0.25, -0.2) is 14.8 Å². The lowest BCUT2D eigenvalue weighted by molar-refractivity contribution is 0.199. The number of hydrogen-bond donors (Lipinski definition) is 1. The topological polar surface area (TPSA) is 80.2 Å². The van der Waals surface area contributed by atoms with E-state index < -0.39 is 0 Å². The van der Waals surface area contributed by atoms with Crippen molar-refractivity contribution in [1.82, 2.24) is 25.2 Å². The standard InChI is InChI=1S/C16H19N5O2/c1-23-15-13-4-7-21(8-5-14(13)19-11-20-15)16(22)18-10-12-3-2-6-17-9-12/h2-3,6,9,11H,4-5,7-8,10H2,1H3,(H,18,22). The van der Waals surface area contributed by atoms with Crippen molar-refractivity contribution in [3.05, 3.63) is 47.7 Å². The number of nitrogens with zero attached hydrogens (tertiary/aromatic N) is 4. The molecule has 0 aromatic carbocycles. The van der Waals surface area contributed by atoms with E-state index in [0.29, 0.717) is 38.4 Å². The molecule has 23 heavy (non-hydrogen) atoms. The molecule has 0 radical (unpaired) electrons. The molecule has 1 aliphatic heterocycles. The average molecular weight is 313 g/mol. The van der Waals surface area contributed by atoms with Crippen LogP contribution in [0.25, 0.3) is 0 Å². The largest absolute Gasteiger partial charge is 0.481 e. The van der Waals surface area contributed by atoms with E-state index in [1.165, 1.54) is 6.33 Å². The Morgan fingerprint density at radius 1 is 1.35 bits per heavy atom. The molecule has 7 heteroatoms. The van der Waals surface area contributed by atoms with Gasteiger partial charge in [-0.1, -0.05) is 6.07 Å². The maximum Gasteiger partial charge on any atom is 0.317 e. The van der Waals surface area contributed by atoms with Crippen LogP contribution in [0.4, 0.5) is 4.79 Å². The SMILES string of the molecule is COc1ncnc2c1CCN(C(=O)NCc1cccnc1)CC2. The number of methoxy groups -OCH3 is 1. The summed E-state index contributed by atoms with van der Waals surface area (Å²) in [7, 11) is 1.60. The van der Waals surface area contributed by atoms with E-state index in [1.54, 1.807) is 24.4 Å². The summed E-state index contributed by atoms with van der Waals surface area (Å²) in [6.45, 7) is 1.72. The van der Waals surface area contributed by atoms with Crippen LogP contribution in [-0.2, 0) is 19.4 Å². The number of carbonyl (C=O) groups excluding carboxylic acids is 1. The average Bonchev–Trinajstić information content (AvgIpc) is 2.83. The highest BCUT2D eigenvalue weighted by molar-refractivity contribution is 5.74. The van der Waals surface area contributed by atoms with Crippen LogP contribution in [0, 0.1) is 0 Å². The summed E-state index contributed by atoms with van der Waals surface area (Å²) in [5.74, 6) is 0.604. The summed E-state index contributed by atoms with van der Waals surface area (Å²) in [5.41, 5.74) is 2.93. The Bertz CT molecular complexity index is 677. The van der Waals surface area contributed by atoms with Crippen LogP contribution in [0.3, 0.4) is 0 Å². The van der Waals surface area contributed by atoms with Crippen LogP contribution >= 0.6 is 0 Å². The summed E-state index contributed by atoms with van der Waals surface area (Å²) in [6.07, 6.45) is 6.37. The molecule has 0 saturated heterocycles. The molecule has 1 aliphatic rings. The third-order valence-corrected chi connectivity index (χ3v) is 3.89. The Balaban J connectivity index is 1.61. The van der Waals surface area contributed by atoms with Crippen molar-refractivity contribution in [1.29, 1.82) is 0 Å². The highest BCUT2D eigenvalue weighted by atomic mass is 16.5. The van der Waals surface area contributed by atoms with E-state index in [4.69, 9.17) is 4.74 Å². The predicted molar refractivity (Wildman–Crippen MR) is 84.0 cm³/mol. The lowest BCUT2D eigenvalue weighted by atomic mass is 10.1. The molecule has 0 aliphatic carbocycles. The van der Waals surface area contributed by atoms with E-state index in [0.717, 1.165) is 16.8 Å². The molecule has 2 aromatic rings. The maximum absolute atomic E-state index is 12.4. The van der Waals surface area contributed by atoms with Gasteiger partial charge in [-0.3, -0.25) is 4.98 Å². The Labute approximate surface area is 134 Å². The Kier molecular flexibility index (Phi) is 4.65. The fourth-order valence-electron chi connectivity index (χ4n) is 2.67. The number of nitrogens with one attached hydrogen (secondary N) is 1. The van der Waals surface area contributed by atoms with Crippen LogP contribution in [0.1, 0.15) is 16.8 Å². The van der Waals surface area contributed by atoms with Gasteiger partial charge in [0, 0.05) is 44.0 Å². The van der Waals surface area contributed by atoms with Crippen molar-refractivity contribution in [3.63, 3.8) is 0 Å². The molecule has 120 valence electrons. The molecular formula is C16H19N5O2. The third-order valence-electron chi connectivity index (χ3n) is 3.89. The highest BCUT2D eigenvalue weighted by Crippen LogP contribution is 2.21. The lowest BCUT2D eigenvalue weighted by Crippen LogP contribution is -2.41. The maximum atomic E-state index is 12.4. The number of rotatable bonds is 3. The Morgan fingerprint density at radius 3 is 3.00 bits per heavy atom. The smallest absolute Gasteiger partial charge is 0.317 e. The number of pyridine rings is 1. The Hall–Kier alpha value is -2.70. The molecule has 0 atom stereocenters. The minimum absolute atomic E-state index is 0.0754. The van der Waals surface area contributed by atoms with Crippen molar-refractivity contribution >= 4 is 6.03 Å². The van der Waals surface area contributed by atoms with Gasteiger partial charge in [0.25, 0.3) is 0 Å². The fourth-order valence-corrected chi connectivity index (χ4v) is 2.67. The number of fused-ring (bicyclic) bond motifs is 1. The zero-order valence-corrected chi connectivity index (χ0v) is 13.0. The van der Waals surface area contributed by atoms with E-state index in [9.17, 15) is 4.79 Å². The molecule has 0 unspecified atom stereocenters. The van der Waals surface area contributed by atoms with Gasteiger partial charge >= 0.3 is 6.03 Å². The molecular weight excluding hydrogens is 294 g/mol. The summed E-state index contributed by atoms with van der Waals surface area (Å²) in [5, 5.41) is 2.93. The molecule has 3 heterocycles. The number of urea groups is 1. The van der Waals surface area contributed by atoms with Gasteiger partial charge in [0.05, 0.1) is 12.8 Å². The monoisotopic (exact) mass is 313 g/mol. The van der Waals surface area contributed by atoms with E-state index in [2.05, 4.69) is 20.3 Å². The van der Waals surface area contributed by atoms with E-state index in [1.807, 2.05) is 12.1 Å². The highest BCUT2D eigenvalue weighted by Gasteiger charge is 2.21. The fraction of sp³-hybridized carbons (Fsp3) is 0.375. The van der Waals surface area contributed by atoms with E-state index in [-0.39, 0.29) is 6.03 Å². The number of ether oxygens (including phenoxy) is 1. The zero-order chi connectivity index (χ0) is 16.1. The van der Waals surface area contributed by atoms with Gasteiger partial charge in [0.1, 0.15) is 6.33 Å². The minimum atomic E-state index is -0.0754. The second-order valence-electron chi connectivity index (χ2n) is 5.32. The molecule has 0 fully saturated rings. The molecule has 3 rings (SSSR count). The number of amides is 2. The molecule has 7 nitrogen and oxygen atoms in total. The molecule has 0 spiro atoms. The normalized spacial score (nSPS) is 13.9. The molecule has 2 amide bonds. The molecule has 0 saturated carbocycles. The first-order valence-corrected chi connectivity index (χ1v) is 7.56. The van der Waals surface area contributed by atoms with Crippen LogP contribution in [0.15, 0.2) is 30.9 Å². The lowest BCUT2D eigenvalue weighted by Gasteiger charge is -2.20. The molecule has 1 N–H and O–H groups in total. The first-order valence-electron chi connectivity index (χ1n) is 7.56. The van der Waals surface area contributed by atoms with Crippen molar-refractivity contribution in [2.75, 3.05) is 20.2 Å². The minimum Gasteiger partial charge on any atom is -0.481 e. The van der Waals surface area contributed by atoms with Gasteiger partial charge in [-0.2, -0.15) is 0 Å². The predicted octanol–water partition coefficient (Wildman–Crippen LogP) is 1.19. The summed E-state index contributed by atoms with van der Waals surface area (Å²) >= 11 is 0. The number of aromatic nitrogens is 3. The Morgan fingerprint density at radius 2 is 2.22 bits per heavy atom. The third kappa shape index (κ3) is 3.56. The van der Waals surface area contributed by atoms with Gasteiger partial charge in [-0.15, -0.1) is 0 Å². The van der Waals surface area contributed by atoms with Crippen molar-refractivity contribution in [2.45, 2.75) is 19.4 Å². The van der Waals surface area contributed by atoms with Crippen LogP contribution in [0.2, 0.25) is 0 Å². The summed E-state index contributed by atoms with van der Waals surface area (Å²) < 4.78 is 5.29. The first-order chi connectivity index (χ1) is 11.3. The molecule has 2 aromatic heterocycles. The van der Waals surface area contributed by atoms with Crippen molar-refractivity contribution in [3.8, 4) is 5.88 Å². The van der Waals surface area contributed by atoms with E-state index >= 15 is 0 Å². The second-order valence-corrected chi connectivity index (χ2v) is 5.32. The first kappa shape index (κ1) is 15.2. The van der Waals surface area contributed by atoms with Gasteiger partial charge in [0.15, 0.2) is 0 Å². The van der Waals surface area contributed by atoms with Gasteiger partial charge in [-0.05, 0) is 18.1 Å². The van der Waals surface area contributed by atoms with Gasteiger partial charge in [0.2, 0.25) is 5.88 Å². The number of hydrogen-bond acceptors (Lipinski definition) is 5. The van der Waals surface area contributed by atoms with Crippen LogP contribution < -0.4 is 10.1 Å². The van der Waals surface area contributed by atoms with Crippen LogP contribution in [-0.4, -0.2) is 46.1 Å². The van der Waals surface area contributed by atoms with Crippen LogP contribution in [0.5, 0.6) is 5.88 Å². The summed E-state index contributed by atoms with van der Waals surface area (Å²) in [4.78, 5) is 26.7. The zero-order valence-electron chi connectivity index (χ0n) is 13.0. The van der Waals surface area contributed by atoms with Gasteiger partial charge < -0.3 is 15.0 Å². The number of carbonyl (C=O) groups is 1. The molecule has 0 bridgehead atoms. The quantitative estimate of drug-likeness (QED) is 0.920. The second kappa shape index (κ2) is 7.04. The van der Waals surface area contributed by atoms with Crippen molar-refractivity contribution < 1.29 is 9.53 Å². The van der Waals surface area contributed by atoms with Crippen molar-refractivity contribution in [2.24, 2.45) is 0 Å².